The maximum absolute atomic E-state index is 12.7. The lowest BCUT2D eigenvalue weighted by Crippen LogP contribution is -2.16. The van der Waals surface area contributed by atoms with Gasteiger partial charge in [0, 0.05) is 35.8 Å². The molecular formula is C36H37N3O4. The van der Waals surface area contributed by atoms with Gasteiger partial charge in [-0.2, -0.15) is 0 Å². The third kappa shape index (κ3) is 7.00. The van der Waals surface area contributed by atoms with E-state index in [4.69, 9.17) is 19.2 Å². The van der Waals surface area contributed by atoms with Crippen LogP contribution in [-0.2, 0) is 29.0 Å². The summed E-state index contributed by atoms with van der Waals surface area (Å²) in [5, 5.41) is 4.44. The second-order valence-corrected chi connectivity index (χ2v) is 10.8. The minimum atomic E-state index is -0.257. The van der Waals surface area contributed by atoms with Crippen molar-refractivity contribution < 1.29 is 19.0 Å². The summed E-state index contributed by atoms with van der Waals surface area (Å²) in [6.45, 7) is 4.17. The Morgan fingerprint density at radius 2 is 1.84 bits per heavy atom. The van der Waals surface area contributed by atoms with Crippen LogP contribution in [0.2, 0.25) is 0 Å². The van der Waals surface area contributed by atoms with Crippen LogP contribution in [0.1, 0.15) is 48.2 Å². The fraction of sp³-hybridized carbons (Fsp3) is 0.278. The molecule has 3 heterocycles. The summed E-state index contributed by atoms with van der Waals surface area (Å²) in [6.07, 6.45) is 5.21. The van der Waals surface area contributed by atoms with Gasteiger partial charge in [0.25, 0.3) is 0 Å². The van der Waals surface area contributed by atoms with Gasteiger partial charge in [0.15, 0.2) is 0 Å². The molecule has 0 fully saturated rings. The number of aromatic nitrogens is 2. The lowest BCUT2D eigenvalue weighted by atomic mass is 10.0. The molecule has 1 unspecified atom stereocenters. The van der Waals surface area contributed by atoms with E-state index in [1.165, 1.54) is 5.56 Å². The topological polar surface area (TPSA) is 74.6 Å². The minimum absolute atomic E-state index is 0.209. The van der Waals surface area contributed by atoms with Crippen molar-refractivity contribution in [2.75, 3.05) is 25.1 Å². The lowest BCUT2D eigenvalue weighted by molar-refractivity contribution is -0.143. The number of rotatable bonds is 12. The van der Waals surface area contributed by atoms with E-state index >= 15 is 0 Å². The number of esters is 1. The van der Waals surface area contributed by atoms with Crippen LogP contribution >= 0.6 is 0 Å². The Balaban J connectivity index is 1.18. The average molecular weight is 576 g/mol. The highest BCUT2D eigenvalue weighted by Gasteiger charge is 2.21. The van der Waals surface area contributed by atoms with Crippen molar-refractivity contribution in [2.45, 2.75) is 45.3 Å². The first-order valence-corrected chi connectivity index (χ1v) is 15.0. The number of hydrogen-bond donors (Lipinski definition) is 1. The van der Waals surface area contributed by atoms with E-state index in [0.29, 0.717) is 19.8 Å². The fourth-order valence-electron chi connectivity index (χ4n) is 5.59. The molecule has 1 aliphatic heterocycles. The Hall–Kier alpha value is -4.78. The molecule has 5 aromatic rings. The van der Waals surface area contributed by atoms with Crippen LogP contribution in [0.4, 0.5) is 5.82 Å². The van der Waals surface area contributed by atoms with Gasteiger partial charge in [-0.3, -0.25) is 4.79 Å². The van der Waals surface area contributed by atoms with Gasteiger partial charge in [-0.15, -0.1) is 0 Å². The number of benzene rings is 3. The Kier molecular flexibility index (Phi) is 8.88. The van der Waals surface area contributed by atoms with Crippen LogP contribution in [0.5, 0.6) is 11.5 Å². The highest BCUT2D eigenvalue weighted by atomic mass is 16.5. The second kappa shape index (κ2) is 13.5. The molecule has 220 valence electrons. The molecule has 43 heavy (non-hydrogen) atoms. The summed E-state index contributed by atoms with van der Waals surface area (Å²) < 4.78 is 19.7. The Morgan fingerprint density at radius 3 is 2.72 bits per heavy atom. The predicted molar refractivity (Wildman–Crippen MR) is 169 cm³/mol. The van der Waals surface area contributed by atoms with Crippen molar-refractivity contribution in [1.29, 1.82) is 0 Å². The molecule has 0 radical (unpaired) electrons. The molecular weight excluding hydrogens is 538 g/mol. The first kappa shape index (κ1) is 28.3. The molecule has 1 N–H and O–H groups in total. The Morgan fingerprint density at radius 1 is 0.953 bits per heavy atom. The second-order valence-electron chi connectivity index (χ2n) is 10.8. The summed E-state index contributed by atoms with van der Waals surface area (Å²) in [6, 6.07) is 30.2. The predicted octanol–water partition coefficient (Wildman–Crippen LogP) is 7.14. The van der Waals surface area contributed by atoms with Crippen molar-refractivity contribution in [3.63, 3.8) is 0 Å². The standard InChI is InChI=1S/C36H37N3O4/c1-2-41-35(40)24-34(28-10-6-12-31(22-28)43-25-26-8-4-3-5-9-26)39-20-17-29-23-32(15-16-33(29)39)42-21-18-30-14-13-27-11-7-19-37-36(27)38-30/h3-6,8-10,12-17,20,22-23,34H,2,7,11,18-19,21,24-25H2,1H3,(H,37,38). The largest absolute Gasteiger partial charge is 0.493 e. The van der Waals surface area contributed by atoms with Gasteiger partial charge in [-0.05, 0) is 78.9 Å². The number of nitrogens with zero attached hydrogens (tertiary/aromatic N) is 2. The van der Waals surface area contributed by atoms with Crippen molar-refractivity contribution >= 4 is 22.7 Å². The molecule has 0 aliphatic carbocycles. The molecule has 7 heteroatoms. The SMILES string of the molecule is CCOC(=O)CC(c1cccc(OCc2ccccc2)c1)n1ccc2cc(OCCc3ccc4c(n3)NCCC4)ccc21. The van der Waals surface area contributed by atoms with E-state index in [-0.39, 0.29) is 18.4 Å². The van der Waals surface area contributed by atoms with Gasteiger partial charge < -0.3 is 24.1 Å². The smallest absolute Gasteiger partial charge is 0.308 e. The van der Waals surface area contributed by atoms with Gasteiger partial charge in [-0.1, -0.05) is 48.5 Å². The van der Waals surface area contributed by atoms with Crippen LogP contribution in [0.15, 0.2) is 97.2 Å². The number of pyridine rings is 1. The molecule has 6 rings (SSSR count). The number of anilines is 1. The summed E-state index contributed by atoms with van der Waals surface area (Å²) >= 11 is 0. The van der Waals surface area contributed by atoms with E-state index in [9.17, 15) is 4.79 Å². The zero-order valence-electron chi connectivity index (χ0n) is 24.5. The van der Waals surface area contributed by atoms with E-state index in [0.717, 1.165) is 70.8 Å². The molecule has 1 atom stereocenters. The van der Waals surface area contributed by atoms with E-state index in [1.54, 1.807) is 0 Å². The summed E-state index contributed by atoms with van der Waals surface area (Å²) in [5.41, 5.74) is 5.40. The first-order chi connectivity index (χ1) is 21.2. The van der Waals surface area contributed by atoms with Gasteiger partial charge in [0.05, 0.1) is 25.7 Å². The molecule has 0 bridgehead atoms. The zero-order valence-corrected chi connectivity index (χ0v) is 24.5. The van der Waals surface area contributed by atoms with E-state index < -0.39 is 0 Å². The van der Waals surface area contributed by atoms with Crippen molar-refractivity contribution in [1.82, 2.24) is 9.55 Å². The third-order valence-corrected chi connectivity index (χ3v) is 7.76. The van der Waals surface area contributed by atoms with Crippen molar-refractivity contribution in [3.05, 3.63) is 120 Å². The maximum Gasteiger partial charge on any atom is 0.308 e. The number of carbonyl (C=O) groups excluding carboxylic acids is 1. The molecule has 2 aromatic heterocycles. The van der Waals surface area contributed by atoms with Gasteiger partial charge >= 0.3 is 5.97 Å². The summed E-state index contributed by atoms with van der Waals surface area (Å²) in [5.74, 6) is 2.33. The monoisotopic (exact) mass is 575 g/mol. The molecule has 3 aromatic carbocycles. The number of hydrogen-bond acceptors (Lipinski definition) is 6. The van der Waals surface area contributed by atoms with E-state index in [2.05, 4.69) is 40.2 Å². The molecule has 7 nitrogen and oxygen atoms in total. The third-order valence-electron chi connectivity index (χ3n) is 7.76. The maximum atomic E-state index is 12.7. The quantitative estimate of drug-likeness (QED) is 0.160. The van der Waals surface area contributed by atoms with E-state index in [1.807, 2.05) is 73.8 Å². The fourth-order valence-corrected chi connectivity index (χ4v) is 5.59. The molecule has 1 aliphatic rings. The lowest BCUT2D eigenvalue weighted by Gasteiger charge is -2.21. The first-order valence-electron chi connectivity index (χ1n) is 15.0. The Bertz CT molecular complexity index is 1680. The van der Waals surface area contributed by atoms with Crippen LogP contribution in [0, 0.1) is 0 Å². The molecule has 0 spiro atoms. The summed E-state index contributed by atoms with van der Waals surface area (Å²) in [4.78, 5) is 17.5. The minimum Gasteiger partial charge on any atom is -0.493 e. The Labute approximate surface area is 252 Å². The summed E-state index contributed by atoms with van der Waals surface area (Å²) in [7, 11) is 0. The van der Waals surface area contributed by atoms with Gasteiger partial charge in [-0.25, -0.2) is 4.98 Å². The van der Waals surface area contributed by atoms with Gasteiger partial charge in [0.2, 0.25) is 0 Å². The number of carbonyl (C=O) groups is 1. The molecule has 0 amide bonds. The van der Waals surface area contributed by atoms with Crippen LogP contribution in [-0.4, -0.2) is 35.3 Å². The van der Waals surface area contributed by atoms with Gasteiger partial charge in [0.1, 0.15) is 23.9 Å². The van der Waals surface area contributed by atoms with Crippen LogP contribution in [0.3, 0.4) is 0 Å². The van der Waals surface area contributed by atoms with Crippen LogP contribution in [0.25, 0.3) is 10.9 Å². The van der Waals surface area contributed by atoms with Crippen LogP contribution < -0.4 is 14.8 Å². The van der Waals surface area contributed by atoms with Crippen molar-refractivity contribution in [3.8, 4) is 11.5 Å². The molecule has 0 saturated carbocycles. The zero-order chi connectivity index (χ0) is 29.4. The number of ether oxygens (including phenoxy) is 3. The average Bonchev–Trinajstić information content (AvgIpc) is 3.46. The highest BCUT2D eigenvalue weighted by Crippen LogP contribution is 2.32. The molecule has 0 saturated heterocycles. The highest BCUT2D eigenvalue weighted by molar-refractivity contribution is 5.82. The normalized spacial score (nSPS) is 13.1. The number of nitrogens with one attached hydrogen (secondary N) is 1. The van der Waals surface area contributed by atoms with Crippen molar-refractivity contribution in [2.24, 2.45) is 0 Å². The number of fused-ring (bicyclic) bond motifs is 2. The number of aryl methyl sites for hydroxylation is 1.